The third-order valence-electron chi connectivity index (χ3n) is 3.72. The third kappa shape index (κ3) is 3.58. The summed E-state index contributed by atoms with van der Waals surface area (Å²) in [6.45, 7) is 5.96. The van der Waals surface area contributed by atoms with E-state index < -0.39 is 16.1 Å². The summed E-state index contributed by atoms with van der Waals surface area (Å²) >= 11 is 0. The van der Waals surface area contributed by atoms with E-state index >= 15 is 0 Å². The number of aryl methyl sites for hydroxylation is 1. The number of carbonyl (C=O) groups excluding carboxylic acids is 1. The number of sulfonamides is 1. The lowest BCUT2D eigenvalue weighted by molar-refractivity contribution is -0.127. The van der Waals surface area contributed by atoms with Crippen LogP contribution in [0.2, 0.25) is 0 Å². The molecule has 0 saturated heterocycles. The minimum Gasteiger partial charge on any atom is -0.274 e. The molecule has 2 rings (SSSR count). The predicted octanol–water partition coefficient (Wildman–Crippen LogP) is 3.28. The van der Waals surface area contributed by atoms with Crippen molar-refractivity contribution in [2.24, 2.45) is 5.92 Å². The van der Waals surface area contributed by atoms with Crippen molar-refractivity contribution in [2.45, 2.75) is 51.0 Å². The van der Waals surface area contributed by atoms with E-state index in [1.165, 1.54) is 0 Å². The van der Waals surface area contributed by atoms with Crippen molar-refractivity contribution in [3.05, 3.63) is 42.0 Å². The quantitative estimate of drug-likeness (QED) is 0.800. The molecule has 120 valence electrons. The molecule has 5 heteroatoms. The lowest BCUT2D eigenvalue weighted by Gasteiger charge is -2.29. The predicted molar refractivity (Wildman–Crippen MR) is 86.8 cm³/mol. The average molecular weight is 321 g/mol. The van der Waals surface area contributed by atoms with Crippen LogP contribution in [0.3, 0.4) is 0 Å². The maximum Gasteiger partial charge on any atom is 0.267 e. The molecule has 0 N–H and O–H groups in total. The number of hydrogen-bond donors (Lipinski definition) is 0. The van der Waals surface area contributed by atoms with Crippen LogP contribution in [0, 0.1) is 12.8 Å². The largest absolute Gasteiger partial charge is 0.274 e. The second kappa shape index (κ2) is 6.65. The molecule has 0 fully saturated rings. The Morgan fingerprint density at radius 3 is 2.45 bits per heavy atom. The highest BCUT2D eigenvalue weighted by atomic mass is 32.2. The fraction of sp³-hybridized carbons (Fsp3) is 0.471. The summed E-state index contributed by atoms with van der Waals surface area (Å²) in [4.78, 5) is 12.6. The zero-order chi connectivity index (χ0) is 16.3. The second-order valence-electron chi connectivity index (χ2n) is 6.17. The molecule has 1 heterocycles. The van der Waals surface area contributed by atoms with Gasteiger partial charge in [-0.1, -0.05) is 43.7 Å². The van der Waals surface area contributed by atoms with E-state index in [-0.39, 0.29) is 17.2 Å². The molecule has 1 atom stereocenters. The Morgan fingerprint density at radius 1 is 1.23 bits per heavy atom. The Labute approximate surface area is 132 Å². The Hall–Kier alpha value is -1.62. The molecular weight excluding hydrogens is 298 g/mol. The third-order valence-corrected chi connectivity index (χ3v) is 5.58. The number of nitrogens with zero attached hydrogens (tertiary/aromatic N) is 1. The number of allylic oxidation sites excluding steroid dienone is 1. The van der Waals surface area contributed by atoms with E-state index in [2.05, 4.69) is 0 Å². The van der Waals surface area contributed by atoms with Crippen molar-refractivity contribution in [3.63, 3.8) is 0 Å². The van der Waals surface area contributed by atoms with Gasteiger partial charge in [0.1, 0.15) is 0 Å². The lowest BCUT2D eigenvalue weighted by atomic mass is 10.0. The molecule has 1 aliphatic rings. The minimum absolute atomic E-state index is 0.176. The number of amides is 1. The van der Waals surface area contributed by atoms with Crippen LogP contribution in [0.1, 0.15) is 38.7 Å². The van der Waals surface area contributed by atoms with Crippen molar-refractivity contribution in [2.75, 3.05) is 0 Å². The van der Waals surface area contributed by atoms with Gasteiger partial charge < -0.3 is 0 Å². The van der Waals surface area contributed by atoms with Gasteiger partial charge in [-0.2, -0.15) is 0 Å². The number of rotatable bonds is 4. The van der Waals surface area contributed by atoms with Crippen LogP contribution in [0.4, 0.5) is 0 Å². The molecule has 0 aliphatic carbocycles. The Morgan fingerprint density at radius 2 is 1.86 bits per heavy atom. The summed E-state index contributed by atoms with van der Waals surface area (Å²) in [5.41, 5.74) is 0.986. The van der Waals surface area contributed by atoms with Gasteiger partial charge in [-0.3, -0.25) is 4.79 Å². The van der Waals surface area contributed by atoms with E-state index in [0.717, 1.165) is 9.87 Å². The highest BCUT2D eigenvalue weighted by Crippen LogP contribution is 2.26. The monoisotopic (exact) mass is 321 g/mol. The molecule has 0 spiro atoms. The van der Waals surface area contributed by atoms with Crippen LogP contribution in [0.5, 0.6) is 0 Å². The first-order valence-electron chi connectivity index (χ1n) is 7.63. The van der Waals surface area contributed by atoms with Gasteiger partial charge in [0.05, 0.1) is 10.9 Å². The SMILES string of the molecule is Cc1ccc(S(=O)(=O)N2C(=O)CCC=C[C@@H]2CC(C)C)cc1. The van der Waals surface area contributed by atoms with E-state index in [1.54, 1.807) is 24.3 Å². The molecule has 0 unspecified atom stereocenters. The molecule has 0 aromatic heterocycles. The van der Waals surface area contributed by atoms with E-state index in [0.29, 0.717) is 18.8 Å². The van der Waals surface area contributed by atoms with Crippen LogP contribution in [-0.2, 0) is 14.8 Å². The first kappa shape index (κ1) is 16.7. The Bertz CT molecular complexity index is 660. The summed E-state index contributed by atoms with van der Waals surface area (Å²) < 4.78 is 26.9. The lowest BCUT2D eigenvalue weighted by Crippen LogP contribution is -2.43. The summed E-state index contributed by atoms with van der Waals surface area (Å²) in [5.74, 6) is -0.0208. The normalized spacial score (nSPS) is 19.5. The summed E-state index contributed by atoms with van der Waals surface area (Å²) in [7, 11) is -3.81. The first-order valence-corrected chi connectivity index (χ1v) is 9.07. The standard InChI is InChI=1S/C17H23NO3S/c1-13(2)12-15-6-4-5-7-17(19)18(15)22(20,21)16-10-8-14(3)9-11-16/h4,6,8-11,13,15H,5,7,12H2,1-3H3/t15-/m1/s1. The van der Waals surface area contributed by atoms with Crippen LogP contribution in [0.15, 0.2) is 41.3 Å². The molecule has 1 aliphatic heterocycles. The van der Waals surface area contributed by atoms with Crippen molar-refractivity contribution < 1.29 is 13.2 Å². The van der Waals surface area contributed by atoms with Gasteiger partial charge in [0.15, 0.2) is 0 Å². The van der Waals surface area contributed by atoms with Gasteiger partial charge in [-0.15, -0.1) is 0 Å². The second-order valence-corrected chi connectivity index (χ2v) is 7.99. The Balaban J connectivity index is 2.45. The summed E-state index contributed by atoms with van der Waals surface area (Å²) in [6.07, 6.45) is 5.23. The van der Waals surface area contributed by atoms with Crippen LogP contribution < -0.4 is 0 Å². The average Bonchev–Trinajstić information content (AvgIpc) is 2.60. The van der Waals surface area contributed by atoms with Crippen molar-refractivity contribution in [1.82, 2.24) is 4.31 Å². The highest BCUT2D eigenvalue weighted by Gasteiger charge is 2.35. The number of hydrogen-bond acceptors (Lipinski definition) is 3. The molecule has 1 aromatic carbocycles. The molecule has 0 bridgehead atoms. The molecule has 0 saturated carbocycles. The molecule has 1 aromatic rings. The zero-order valence-corrected chi connectivity index (χ0v) is 14.1. The molecular formula is C17H23NO3S. The fourth-order valence-corrected chi connectivity index (χ4v) is 4.21. The molecule has 1 amide bonds. The highest BCUT2D eigenvalue weighted by molar-refractivity contribution is 7.89. The smallest absolute Gasteiger partial charge is 0.267 e. The van der Waals surface area contributed by atoms with E-state index in [9.17, 15) is 13.2 Å². The maximum absolute atomic E-state index is 12.9. The van der Waals surface area contributed by atoms with Crippen molar-refractivity contribution in [1.29, 1.82) is 0 Å². The van der Waals surface area contributed by atoms with Gasteiger partial charge in [-0.25, -0.2) is 12.7 Å². The van der Waals surface area contributed by atoms with Gasteiger partial charge in [0.2, 0.25) is 5.91 Å². The summed E-state index contributed by atoms with van der Waals surface area (Å²) in [6, 6.07) is 6.24. The maximum atomic E-state index is 12.9. The van der Waals surface area contributed by atoms with Crippen LogP contribution in [-0.4, -0.2) is 24.7 Å². The van der Waals surface area contributed by atoms with Gasteiger partial charge in [0, 0.05) is 6.42 Å². The van der Waals surface area contributed by atoms with E-state index in [4.69, 9.17) is 0 Å². The molecule has 0 radical (unpaired) electrons. The first-order chi connectivity index (χ1) is 10.3. The van der Waals surface area contributed by atoms with Crippen LogP contribution in [0.25, 0.3) is 0 Å². The molecule has 4 nitrogen and oxygen atoms in total. The van der Waals surface area contributed by atoms with Gasteiger partial charge in [0.25, 0.3) is 10.0 Å². The van der Waals surface area contributed by atoms with Gasteiger partial charge >= 0.3 is 0 Å². The number of carbonyl (C=O) groups is 1. The van der Waals surface area contributed by atoms with Crippen LogP contribution >= 0.6 is 0 Å². The Kier molecular flexibility index (Phi) is 5.06. The topological polar surface area (TPSA) is 54.5 Å². The van der Waals surface area contributed by atoms with Crippen molar-refractivity contribution in [3.8, 4) is 0 Å². The minimum atomic E-state index is -3.81. The summed E-state index contributed by atoms with van der Waals surface area (Å²) in [5, 5.41) is 0. The number of benzene rings is 1. The van der Waals surface area contributed by atoms with Crippen molar-refractivity contribution >= 4 is 15.9 Å². The fourth-order valence-electron chi connectivity index (χ4n) is 2.63. The van der Waals surface area contributed by atoms with Gasteiger partial charge in [-0.05, 0) is 37.8 Å². The zero-order valence-electron chi connectivity index (χ0n) is 13.3. The van der Waals surface area contributed by atoms with E-state index in [1.807, 2.05) is 32.9 Å². The molecule has 22 heavy (non-hydrogen) atoms.